The highest BCUT2D eigenvalue weighted by Gasteiger charge is 2.17. The lowest BCUT2D eigenvalue weighted by Crippen LogP contribution is -2.09. The lowest BCUT2D eigenvalue weighted by molar-refractivity contribution is 0.448. The maximum Gasteiger partial charge on any atom is 0.232 e. The molecule has 0 fully saturated rings. The van der Waals surface area contributed by atoms with Gasteiger partial charge in [-0.15, -0.1) is 0 Å². The van der Waals surface area contributed by atoms with Gasteiger partial charge in [0, 0.05) is 12.0 Å². The van der Waals surface area contributed by atoms with Crippen LogP contribution >= 0.6 is 0 Å². The summed E-state index contributed by atoms with van der Waals surface area (Å²) in [7, 11) is 0. The number of nitrogens with zero attached hydrogens (tertiary/aromatic N) is 2. The topological polar surface area (TPSA) is 38.1 Å². The van der Waals surface area contributed by atoms with Gasteiger partial charge in [0.2, 0.25) is 5.88 Å². The maximum atomic E-state index is 9.49. The van der Waals surface area contributed by atoms with Crippen molar-refractivity contribution >= 4 is 0 Å². The summed E-state index contributed by atoms with van der Waals surface area (Å²) >= 11 is 0. The van der Waals surface area contributed by atoms with E-state index in [1.807, 2.05) is 6.92 Å². The molecule has 0 saturated carbocycles. The Morgan fingerprint density at radius 1 is 1.23 bits per heavy atom. The summed E-state index contributed by atoms with van der Waals surface area (Å²) in [5.74, 6) is 1.48. The Balaban J connectivity index is 3.27. The van der Waals surface area contributed by atoms with E-state index in [4.69, 9.17) is 0 Å². The number of aromatic hydroxyl groups is 1. The second kappa shape index (κ2) is 3.40. The van der Waals surface area contributed by atoms with E-state index in [9.17, 15) is 5.11 Å². The van der Waals surface area contributed by atoms with E-state index in [0.29, 0.717) is 12.0 Å². The molecule has 0 atom stereocenters. The van der Waals surface area contributed by atoms with Gasteiger partial charge in [0.1, 0.15) is 5.82 Å². The van der Waals surface area contributed by atoms with E-state index in [1.54, 1.807) is 0 Å². The Labute approximate surface area is 79.4 Å². The summed E-state index contributed by atoms with van der Waals surface area (Å²) in [6.07, 6.45) is 0. The van der Waals surface area contributed by atoms with Crippen LogP contribution in [0.5, 0.6) is 5.88 Å². The molecule has 0 aliphatic heterocycles. The van der Waals surface area contributed by atoms with Crippen LogP contribution in [0.25, 0.3) is 0 Å². The zero-order valence-corrected chi connectivity index (χ0v) is 9.00. The zero-order chi connectivity index (χ0) is 10.2. The average molecular weight is 182 g/mol. The Morgan fingerprint density at radius 3 is 2.08 bits per heavy atom. The normalized spacial score (nSPS) is 11.6. The van der Waals surface area contributed by atoms with E-state index in [0.717, 1.165) is 11.5 Å². The number of hydrogen-bond acceptors (Lipinski definition) is 2. The van der Waals surface area contributed by atoms with Crippen molar-refractivity contribution in [3.05, 3.63) is 11.5 Å². The van der Waals surface area contributed by atoms with Crippen LogP contribution in [0.15, 0.2) is 0 Å². The minimum Gasteiger partial charge on any atom is -0.492 e. The highest BCUT2D eigenvalue weighted by molar-refractivity contribution is 5.22. The average Bonchev–Trinajstić information content (AvgIpc) is 2.28. The highest BCUT2D eigenvalue weighted by atomic mass is 16.3. The molecule has 0 unspecified atom stereocenters. The molecule has 0 aliphatic carbocycles. The lowest BCUT2D eigenvalue weighted by Gasteiger charge is -2.15. The van der Waals surface area contributed by atoms with Crippen molar-refractivity contribution in [2.75, 3.05) is 0 Å². The van der Waals surface area contributed by atoms with Crippen molar-refractivity contribution in [1.29, 1.82) is 0 Å². The molecule has 0 aliphatic rings. The molecule has 0 spiro atoms. The first kappa shape index (κ1) is 10.1. The molecule has 1 aromatic heterocycles. The van der Waals surface area contributed by atoms with E-state index in [-0.39, 0.29) is 5.88 Å². The third-order valence-electron chi connectivity index (χ3n) is 2.19. The first-order chi connectivity index (χ1) is 5.95. The van der Waals surface area contributed by atoms with Gasteiger partial charge in [-0.3, -0.25) is 0 Å². The first-order valence-corrected chi connectivity index (χ1v) is 4.72. The molecule has 0 bridgehead atoms. The van der Waals surface area contributed by atoms with Crippen molar-refractivity contribution in [1.82, 2.24) is 9.55 Å². The number of imidazole rings is 1. The molecule has 1 N–H and O–H groups in total. The van der Waals surface area contributed by atoms with E-state index in [2.05, 4.69) is 37.2 Å². The molecular formula is C10H18N2O. The third kappa shape index (κ3) is 1.69. The highest BCUT2D eigenvalue weighted by Crippen LogP contribution is 2.26. The standard InChI is InChI=1S/C10H18N2O/c1-6(2)9-11-10(13)8(5)12(9)7(3)4/h6-7,13H,1-5H3. The smallest absolute Gasteiger partial charge is 0.232 e. The van der Waals surface area contributed by atoms with Crippen LogP contribution in [0.1, 0.15) is 51.2 Å². The molecule has 1 heterocycles. The quantitative estimate of drug-likeness (QED) is 0.763. The molecule has 13 heavy (non-hydrogen) atoms. The predicted molar refractivity (Wildman–Crippen MR) is 53.1 cm³/mol. The monoisotopic (exact) mass is 182 g/mol. The van der Waals surface area contributed by atoms with Gasteiger partial charge in [0.25, 0.3) is 0 Å². The maximum absolute atomic E-state index is 9.49. The Morgan fingerprint density at radius 2 is 1.77 bits per heavy atom. The van der Waals surface area contributed by atoms with Crippen LogP contribution < -0.4 is 0 Å². The molecule has 0 amide bonds. The largest absolute Gasteiger partial charge is 0.492 e. The number of hydrogen-bond donors (Lipinski definition) is 1. The van der Waals surface area contributed by atoms with Crippen molar-refractivity contribution in [2.45, 2.75) is 46.6 Å². The minimum atomic E-state index is 0.164. The Kier molecular flexibility index (Phi) is 2.64. The molecule has 0 aromatic carbocycles. The van der Waals surface area contributed by atoms with Gasteiger partial charge < -0.3 is 9.67 Å². The van der Waals surface area contributed by atoms with Crippen LogP contribution in [-0.2, 0) is 0 Å². The van der Waals surface area contributed by atoms with Crippen LogP contribution in [0, 0.1) is 6.92 Å². The SMILES string of the molecule is Cc1c(O)nc(C(C)C)n1C(C)C. The van der Waals surface area contributed by atoms with Crippen molar-refractivity contribution in [3.8, 4) is 5.88 Å². The molecule has 0 radical (unpaired) electrons. The molecule has 1 aromatic rings. The fraction of sp³-hybridized carbons (Fsp3) is 0.700. The second-order valence-electron chi connectivity index (χ2n) is 4.00. The van der Waals surface area contributed by atoms with Gasteiger partial charge in [0.05, 0.1) is 5.69 Å². The first-order valence-electron chi connectivity index (χ1n) is 4.72. The lowest BCUT2D eigenvalue weighted by atomic mass is 10.2. The van der Waals surface area contributed by atoms with E-state index in [1.165, 1.54) is 0 Å². The Bertz CT molecular complexity index is 300. The summed E-state index contributed by atoms with van der Waals surface area (Å²) in [5.41, 5.74) is 0.860. The summed E-state index contributed by atoms with van der Waals surface area (Å²) < 4.78 is 2.08. The van der Waals surface area contributed by atoms with Gasteiger partial charge >= 0.3 is 0 Å². The number of aromatic nitrogens is 2. The van der Waals surface area contributed by atoms with Gasteiger partial charge in [-0.25, -0.2) is 0 Å². The zero-order valence-electron chi connectivity index (χ0n) is 9.00. The molecule has 3 nitrogen and oxygen atoms in total. The summed E-state index contributed by atoms with van der Waals surface area (Å²) in [6, 6.07) is 0.353. The fourth-order valence-electron chi connectivity index (χ4n) is 1.58. The van der Waals surface area contributed by atoms with Crippen LogP contribution in [0.4, 0.5) is 0 Å². The summed E-state index contributed by atoms with van der Waals surface area (Å²) in [6.45, 7) is 10.3. The van der Waals surface area contributed by atoms with E-state index >= 15 is 0 Å². The summed E-state index contributed by atoms with van der Waals surface area (Å²) in [4.78, 5) is 4.15. The van der Waals surface area contributed by atoms with Crippen LogP contribution in [0.2, 0.25) is 0 Å². The second-order valence-corrected chi connectivity index (χ2v) is 4.00. The molecule has 0 saturated heterocycles. The predicted octanol–water partition coefficient (Wildman–Crippen LogP) is 2.60. The molecule has 1 rings (SSSR count). The molecule has 74 valence electrons. The van der Waals surface area contributed by atoms with Gasteiger partial charge in [-0.2, -0.15) is 4.98 Å². The third-order valence-corrected chi connectivity index (χ3v) is 2.19. The van der Waals surface area contributed by atoms with Gasteiger partial charge in [-0.05, 0) is 20.8 Å². The van der Waals surface area contributed by atoms with Gasteiger partial charge in [0.15, 0.2) is 0 Å². The van der Waals surface area contributed by atoms with Crippen molar-refractivity contribution < 1.29 is 5.11 Å². The minimum absolute atomic E-state index is 0.164. The van der Waals surface area contributed by atoms with E-state index < -0.39 is 0 Å². The van der Waals surface area contributed by atoms with Gasteiger partial charge in [-0.1, -0.05) is 13.8 Å². The molecular weight excluding hydrogens is 164 g/mol. The fourth-order valence-corrected chi connectivity index (χ4v) is 1.58. The summed E-state index contributed by atoms with van der Waals surface area (Å²) in [5, 5.41) is 9.49. The Hall–Kier alpha value is -0.990. The van der Waals surface area contributed by atoms with Crippen LogP contribution in [-0.4, -0.2) is 14.7 Å². The van der Waals surface area contributed by atoms with Crippen molar-refractivity contribution in [2.24, 2.45) is 0 Å². The van der Waals surface area contributed by atoms with Crippen molar-refractivity contribution in [3.63, 3.8) is 0 Å². The van der Waals surface area contributed by atoms with Crippen LogP contribution in [0.3, 0.4) is 0 Å². The molecule has 3 heteroatoms. The number of rotatable bonds is 2.